The lowest BCUT2D eigenvalue weighted by Crippen LogP contribution is -1.96. The van der Waals surface area contributed by atoms with Gasteiger partial charge in [-0.1, -0.05) is 48.5 Å². The average molecular weight is 338 g/mol. The Morgan fingerprint density at radius 1 is 0.708 bits per heavy atom. The minimum Gasteiger partial charge on any atom is -0.497 e. The summed E-state index contributed by atoms with van der Waals surface area (Å²) in [6.45, 7) is 0. The van der Waals surface area contributed by atoms with Crippen LogP contribution < -0.4 is 4.74 Å². The first-order valence-corrected chi connectivity index (χ1v) is 9.42. The third-order valence-electron chi connectivity index (χ3n) is 3.92. The topological polar surface area (TPSA) is 43.4 Å². The fourth-order valence-electron chi connectivity index (χ4n) is 2.64. The van der Waals surface area contributed by atoms with E-state index in [0.29, 0.717) is 4.90 Å². The molecule has 0 aliphatic heterocycles. The summed E-state index contributed by atoms with van der Waals surface area (Å²) in [6.07, 6.45) is 1.22. The number of methoxy groups -OCH3 is 1. The Morgan fingerprint density at radius 2 is 1.17 bits per heavy atom. The van der Waals surface area contributed by atoms with Gasteiger partial charge in [0.15, 0.2) is 9.84 Å². The van der Waals surface area contributed by atoms with Crippen molar-refractivity contribution in [2.75, 3.05) is 13.4 Å². The van der Waals surface area contributed by atoms with Gasteiger partial charge in [-0.15, -0.1) is 0 Å². The molecule has 0 atom stereocenters. The molecule has 0 bridgehead atoms. The van der Waals surface area contributed by atoms with E-state index in [1.54, 1.807) is 19.2 Å². The minimum absolute atomic E-state index is 0.327. The number of hydrogen-bond acceptors (Lipinski definition) is 3. The molecule has 3 nitrogen and oxygen atoms in total. The zero-order valence-electron chi connectivity index (χ0n) is 13.6. The van der Waals surface area contributed by atoms with Crippen molar-refractivity contribution in [1.29, 1.82) is 0 Å². The molecule has 0 radical (unpaired) electrons. The van der Waals surface area contributed by atoms with Crippen molar-refractivity contribution in [2.24, 2.45) is 0 Å². The van der Waals surface area contributed by atoms with E-state index in [9.17, 15) is 8.42 Å². The number of benzene rings is 3. The summed E-state index contributed by atoms with van der Waals surface area (Å²) in [6, 6.07) is 22.9. The van der Waals surface area contributed by atoms with Crippen LogP contribution in [0, 0.1) is 0 Å². The smallest absolute Gasteiger partial charge is 0.175 e. The Bertz CT molecular complexity index is 941. The maximum absolute atomic E-state index is 11.6. The van der Waals surface area contributed by atoms with E-state index in [0.717, 1.165) is 28.0 Å². The van der Waals surface area contributed by atoms with Gasteiger partial charge in [0.25, 0.3) is 0 Å². The molecule has 0 fully saturated rings. The molecule has 24 heavy (non-hydrogen) atoms. The second-order valence-electron chi connectivity index (χ2n) is 5.57. The Balaban J connectivity index is 2.06. The highest BCUT2D eigenvalue weighted by molar-refractivity contribution is 7.90. The van der Waals surface area contributed by atoms with Crippen LogP contribution in [0.5, 0.6) is 5.75 Å². The van der Waals surface area contributed by atoms with E-state index in [-0.39, 0.29) is 0 Å². The molecule has 4 heteroatoms. The predicted octanol–water partition coefficient (Wildman–Crippen LogP) is 4.43. The first kappa shape index (κ1) is 16.3. The van der Waals surface area contributed by atoms with E-state index in [2.05, 4.69) is 6.07 Å². The molecule has 0 amide bonds. The quantitative estimate of drug-likeness (QED) is 0.707. The lowest BCUT2D eigenvalue weighted by molar-refractivity contribution is 0.415. The molecular formula is C20H18O3S. The number of sulfone groups is 1. The van der Waals surface area contributed by atoms with Crippen molar-refractivity contribution in [2.45, 2.75) is 4.90 Å². The molecule has 122 valence electrons. The average Bonchev–Trinajstić information content (AvgIpc) is 2.61. The number of hydrogen-bond donors (Lipinski definition) is 0. The van der Waals surface area contributed by atoms with Gasteiger partial charge in [-0.3, -0.25) is 0 Å². The van der Waals surface area contributed by atoms with Gasteiger partial charge < -0.3 is 4.74 Å². The molecule has 3 aromatic rings. The summed E-state index contributed by atoms with van der Waals surface area (Å²) in [4.78, 5) is 0.327. The van der Waals surface area contributed by atoms with E-state index in [1.807, 2.05) is 54.6 Å². The van der Waals surface area contributed by atoms with Crippen LogP contribution in [0.1, 0.15) is 0 Å². The molecule has 0 saturated heterocycles. The van der Waals surface area contributed by atoms with Gasteiger partial charge in [-0.2, -0.15) is 0 Å². The molecule has 0 saturated carbocycles. The highest BCUT2D eigenvalue weighted by atomic mass is 32.2. The van der Waals surface area contributed by atoms with Crippen LogP contribution in [0.4, 0.5) is 0 Å². The van der Waals surface area contributed by atoms with Gasteiger partial charge in [-0.05, 0) is 46.5 Å². The van der Waals surface area contributed by atoms with Crippen molar-refractivity contribution >= 4 is 9.84 Å². The van der Waals surface area contributed by atoms with Crippen LogP contribution in [-0.4, -0.2) is 21.8 Å². The van der Waals surface area contributed by atoms with Crippen LogP contribution in [0.2, 0.25) is 0 Å². The summed E-state index contributed by atoms with van der Waals surface area (Å²) in [5.41, 5.74) is 4.21. The Labute approximate surface area is 142 Å². The summed E-state index contributed by atoms with van der Waals surface area (Å²) in [5, 5.41) is 0. The molecule has 0 heterocycles. The highest BCUT2D eigenvalue weighted by Crippen LogP contribution is 2.33. The molecule has 3 aromatic carbocycles. The van der Waals surface area contributed by atoms with Gasteiger partial charge >= 0.3 is 0 Å². The van der Waals surface area contributed by atoms with Crippen molar-refractivity contribution in [1.82, 2.24) is 0 Å². The Kier molecular flexibility index (Phi) is 4.40. The third kappa shape index (κ3) is 3.34. The van der Waals surface area contributed by atoms with Gasteiger partial charge in [0.2, 0.25) is 0 Å². The van der Waals surface area contributed by atoms with Gasteiger partial charge in [-0.25, -0.2) is 8.42 Å². The second-order valence-corrected chi connectivity index (χ2v) is 7.59. The molecule has 0 aliphatic carbocycles. The Hall–Kier alpha value is -2.59. The molecule has 0 unspecified atom stereocenters. The lowest BCUT2D eigenvalue weighted by atomic mass is 9.95. The molecule has 0 N–H and O–H groups in total. The largest absolute Gasteiger partial charge is 0.497 e. The lowest BCUT2D eigenvalue weighted by Gasteiger charge is -2.11. The molecular weight excluding hydrogens is 320 g/mol. The molecule has 0 aromatic heterocycles. The standard InChI is InChI=1S/C20H18O3S/c1-23-17-11-7-15(8-12-17)19-5-3-4-6-20(19)16-9-13-18(14-10-16)24(2,21)22/h3-14H,1-2H3. The first-order chi connectivity index (χ1) is 11.5. The third-order valence-corrected chi connectivity index (χ3v) is 5.05. The van der Waals surface area contributed by atoms with Crippen LogP contribution >= 0.6 is 0 Å². The van der Waals surface area contributed by atoms with Gasteiger partial charge in [0, 0.05) is 6.26 Å². The summed E-state index contributed by atoms with van der Waals surface area (Å²) < 4.78 is 28.4. The number of ether oxygens (including phenoxy) is 1. The fourth-order valence-corrected chi connectivity index (χ4v) is 3.27. The van der Waals surface area contributed by atoms with E-state index >= 15 is 0 Å². The van der Waals surface area contributed by atoms with Crippen molar-refractivity contribution in [3.63, 3.8) is 0 Å². The first-order valence-electron chi connectivity index (χ1n) is 7.53. The van der Waals surface area contributed by atoms with Crippen molar-refractivity contribution in [3.8, 4) is 28.0 Å². The van der Waals surface area contributed by atoms with Crippen LogP contribution in [0.3, 0.4) is 0 Å². The Morgan fingerprint density at radius 3 is 1.58 bits per heavy atom. The molecule has 0 spiro atoms. The molecule has 3 rings (SSSR count). The summed E-state index contributed by atoms with van der Waals surface area (Å²) in [5.74, 6) is 0.814. The van der Waals surface area contributed by atoms with Crippen LogP contribution in [-0.2, 0) is 9.84 Å². The fraction of sp³-hybridized carbons (Fsp3) is 0.100. The predicted molar refractivity (Wildman–Crippen MR) is 97.0 cm³/mol. The van der Waals surface area contributed by atoms with Crippen LogP contribution in [0.25, 0.3) is 22.3 Å². The maximum Gasteiger partial charge on any atom is 0.175 e. The minimum atomic E-state index is -3.19. The zero-order valence-corrected chi connectivity index (χ0v) is 14.4. The normalized spacial score (nSPS) is 11.2. The molecule has 0 aliphatic rings. The second kappa shape index (κ2) is 6.49. The van der Waals surface area contributed by atoms with Crippen molar-refractivity contribution in [3.05, 3.63) is 72.8 Å². The zero-order chi connectivity index (χ0) is 17.2. The van der Waals surface area contributed by atoms with Gasteiger partial charge in [0.05, 0.1) is 12.0 Å². The van der Waals surface area contributed by atoms with Crippen LogP contribution in [0.15, 0.2) is 77.7 Å². The number of rotatable bonds is 4. The van der Waals surface area contributed by atoms with E-state index in [4.69, 9.17) is 4.74 Å². The SMILES string of the molecule is COc1ccc(-c2ccccc2-c2ccc(S(C)(=O)=O)cc2)cc1. The van der Waals surface area contributed by atoms with E-state index < -0.39 is 9.84 Å². The monoisotopic (exact) mass is 338 g/mol. The highest BCUT2D eigenvalue weighted by Gasteiger charge is 2.10. The summed E-state index contributed by atoms with van der Waals surface area (Å²) >= 11 is 0. The summed E-state index contributed by atoms with van der Waals surface area (Å²) in [7, 11) is -1.54. The van der Waals surface area contributed by atoms with Gasteiger partial charge in [0.1, 0.15) is 5.75 Å². The van der Waals surface area contributed by atoms with E-state index in [1.165, 1.54) is 6.26 Å². The van der Waals surface area contributed by atoms with Crippen molar-refractivity contribution < 1.29 is 13.2 Å². The maximum atomic E-state index is 11.6.